The molecule has 0 aliphatic carbocycles. The summed E-state index contributed by atoms with van der Waals surface area (Å²) < 4.78 is 37.3. The van der Waals surface area contributed by atoms with Gasteiger partial charge in [0, 0.05) is 44.9 Å². The second-order valence-electron chi connectivity index (χ2n) is 11.3. The van der Waals surface area contributed by atoms with Gasteiger partial charge in [-0.15, -0.1) is 0 Å². The lowest BCUT2D eigenvalue weighted by atomic mass is 10.0. The molecule has 3 aliphatic rings. The molecule has 0 aromatic heterocycles. The molecule has 2 aromatic rings. The number of hydrogen-bond acceptors (Lipinski definition) is 5. The van der Waals surface area contributed by atoms with Crippen LogP contribution in [0.1, 0.15) is 52.4 Å². The number of amides is 2. The summed E-state index contributed by atoms with van der Waals surface area (Å²) in [5.74, 6) is -1.51. The van der Waals surface area contributed by atoms with Crippen LogP contribution in [0.2, 0.25) is 0 Å². The first-order valence-electron chi connectivity index (χ1n) is 14.3. The molecule has 42 heavy (non-hydrogen) atoms. The lowest BCUT2D eigenvalue weighted by Gasteiger charge is -2.26. The van der Waals surface area contributed by atoms with Crippen LogP contribution in [0.3, 0.4) is 0 Å². The fraction of sp³-hybridized carbons (Fsp3) is 0.516. The Labute approximate surface area is 243 Å². The predicted molar refractivity (Wildman–Crippen MR) is 150 cm³/mol. The van der Waals surface area contributed by atoms with Crippen LogP contribution in [0, 0.1) is 25.7 Å². The minimum atomic E-state index is -5.08. The number of carboxylic acids is 1. The highest BCUT2D eigenvalue weighted by molar-refractivity contribution is 5.97. The van der Waals surface area contributed by atoms with E-state index in [1.165, 1.54) is 0 Å². The van der Waals surface area contributed by atoms with E-state index in [4.69, 9.17) is 14.6 Å². The Bertz CT molecular complexity index is 1220. The summed E-state index contributed by atoms with van der Waals surface area (Å²) >= 11 is 0. The number of benzene rings is 2. The maximum atomic E-state index is 13.2. The van der Waals surface area contributed by atoms with Gasteiger partial charge in [0.2, 0.25) is 5.91 Å². The summed E-state index contributed by atoms with van der Waals surface area (Å²) in [6, 6.07) is 16.3. The van der Waals surface area contributed by atoms with Crippen LogP contribution in [0.5, 0.6) is 0 Å². The molecule has 8 nitrogen and oxygen atoms in total. The average molecular weight is 590 g/mol. The number of carboxylic acid groups (broad SMARTS) is 1. The fourth-order valence-electron chi connectivity index (χ4n) is 6.12. The van der Waals surface area contributed by atoms with Crippen molar-refractivity contribution in [2.75, 3.05) is 39.3 Å². The Balaban J connectivity index is 0.000000517. The number of carbonyl (C=O) groups is 3. The third-order valence-electron chi connectivity index (χ3n) is 8.26. The van der Waals surface area contributed by atoms with Gasteiger partial charge in [0.1, 0.15) is 6.10 Å². The fourth-order valence-corrected chi connectivity index (χ4v) is 6.12. The highest BCUT2D eigenvalue weighted by atomic mass is 19.4. The number of alkyl halides is 3. The van der Waals surface area contributed by atoms with E-state index < -0.39 is 12.1 Å². The van der Waals surface area contributed by atoms with E-state index in [2.05, 4.69) is 27.2 Å². The normalized spacial score (nSPS) is 22.7. The smallest absolute Gasteiger partial charge is 0.475 e. The molecule has 3 fully saturated rings. The number of halogens is 3. The third kappa shape index (κ3) is 7.89. The second kappa shape index (κ2) is 13.7. The number of carbonyl (C=O) groups excluding carboxylic acids is 2. The number of fused-ring (bicyclic) bond motifs is 1. The number of nitrogens with one attached hydrogen (secondary N) is 1. The Hall–Kier alpha value is -3.44. The molecule has 2 aromatic carbocycles. The van der Waals surface area contributed by atoms with Crippen LogP contribution in [0.4, 0.5) is 13.2 Å². The first-order chi connectivity index (χ1) is 19.9. The van der Waals surface area contributed by atoms with Crippen molar-refractivity contribution in [2.45, 2.75) is 51.4 Å². The molecule has 5 rings (SSSR count). The zero-order chi connectivity index (χ0) is 30.4. The summed E-state index contributed by atoms with van der Waals surface area (Å²) in [7, 11) is 0. The maximum absolute atomic E-state index is 13.2. The Kier molecular flexibility index (Phi) is 10.3. The van der Waals surface area contributed by atoms with Crippen molar-refractivity contribution in [3.05, 3.63) is 70.8 Å². The number of hydrogen-bond donors (Lipinski definition) is 2. The number of rotatable bonds is 7. The number of nitrogens with zero attached hydrogens (tertiary/aromatic N) is 2. The molecular weight excluding hydrogens is 551 g/mol. The van der Waals surface area contributed by atoms with Gasteiger partial charge in [-0.05, 0) is 61.6 Å². The van der Waals surface area contributed by atoms with Crippen LogP contribution in [-0.2, 0) is 14.3 Å². The maximum Gasteiger partial charge on any atom is 0.490 e. The van der Waals surface area contributed by atoms with Crippen molar-refractivity contribution in [2.24, 2.45) is 11.8 Å². The van der Waals surface area contributed by atoms with E-state index in [9.17, 15) is 22.8 Å². The summed E-state index contributed by atoms with van der Waals surface area (Å²) in [6.07, 6.45) is -2.77. The Morgan fingerprint density at radius 1 is 0.976 bits per heavy atom. The second-order valence-corrected chi connectivity index (χ2v) is 11.3. The molecule has 0 spiro atoms. The molecular formula is C31H38F3N3O5. The lowest BCUT2D eigenvalue weighted by molar-refractivity contribution is -0.192. The van der Waals surface area contributed by atoms with E-state index in [0.717, 1.165) is 74.2 Å². The number of ether oxygens (including phenoxy) is 1. The minimum Gasteiger partial charge on any atom is -0.475 e. The minimum absolute atomic E-state index is 0.00953. The van der Waals surface area contributed by atoms with Gasteiger partial charge in [-0.2, -0.15) is 13.2 Å². The van der Waals surface area contributed by atoms with Crippen LogP contribution in [-0.4, -0.2) is 84.3 Å². The van der Waals surface area contributed by atoms with Crippen LogP contribution in [0.25, 0.3) is 0 Å². The molecule has 3 aliphatic heterocycles. The van der Waals surface area contributed by atoms with Gasteiger partial charge in [-0.1, -0.05) is 48.5 Å². The van der Waals surface area contributed by atoms with Crippen LogP contribution in [0.15, 0.2) is 48.5 Å². The molecule has 0 bridgehead atoms. The SMILES string of the molecule is Cc1cccc(C)c1C(=O)N1CC2CN(CCC(NC(=O)C3CCCO3)c3ccccc3)C[C@H]2C1.O=C(O)C(F)(F)F. The van der Waals surface area contributed by atoms with Crippen molar-refractivity contribution in [3.63, 3.8) is 0 Å². The summed E-state index contributed by atoms with van der Waals surface area (Å²) in [5, 5.41) is 10.4. The molecule has 11 heteroatoms. The van der Waals surface area contributed by atoms with Gasteiger partial charge in [0.15, 0.2) is 0 Å². The largest absolute Gasteiger partial charge is 0.490 e. The molecule has 228 valence electrons. The molecule has 3 unspecified atom stereocenters. The van der Waals surface area contributed by atoms with Crippen molar-refractivity contribution < 1.29 is 37.4 Å². The third-order valence-corrected chi connectivity index (χ3v) is 8.26. The van der Waals surface area contributed by atoms with Crippen molar-refractivity contribution >= 4 is 17.8 Å². The molecule has 3 saturated heterocycles. The van der Waals surface area contributed by atoms with Gasteiger partial charge in [0.25, 0.3) is 5.91 Å². The molecule has 2 amide bonds. The lowest BCUT2D eigenvalue weighted by Crippen LogP contribution is -2.39. The van der Waals surface area contributed by atoms with E-state index in [1.54, 1.807) is 0 Å². The van der Waals surface area contributed by atoms with E-state index >= 15 is 0 Å². The standard InChI is InChI=1S/C29H37N3O3.C2HF3O2/c1-20-8-6-9-21(2)27(20)29(34)32-18-23-16-31(17-24(23)19-32)14-13-25(22-10-4-3-5-11-22)30-28(33)26-12-7-15-35-26;3-2(4,5)1(6)7/h3-6,8-11,23-26H,7,12-19H2,1-2H3,(H,30,33);(H,6,7)/t23-,24?,25?,26?;/m0./s1. The number of aryl methyl sites for hydroxylation is 2. The van der Waals surface area contributed by atoms with Crippen LogP contribution >= 0.6 is 0 Å². The molecule has 0 radical (unpaired) electrons. The van der Waals surface area contributed by atoms with Crippen molar-refractivity contribution in [1.29, 1.82) is 0 Å². The zero-order valence-corrected chi connectivity index (χ0v) is 23.9. The van der Waals surface area contributed by atoms with Gasteiger partial charge in [0.05, 0.1) is 6.04 Å². The topological polar surface area (TPSA) is 99.2 Å². The summed E-state index contributed by atoms with van der Waals surface area (Å²) in [6.45, 7) is 9.37. The number of aliphatic carboxylic acids is 1. The van der Waals surface area contributed by atoms with Gasteiger partial charge in [-0.25, -0.2) is 4.79 Å². The first kappa shape index (κ1) is 31.5. The van der Waals surface area contributed by atoms with Crippen molar-refractivity contribution in [3.8, 4) is 0 Å². The summed E-state index contributed by atoms with van der Waals surface area (Å²) in [5.41, 5.74) is 4.14. The van der Waals surface area contributed by atoms with E-state index in [1.807, 2.05) is 50.2 Å². The molecule has 4 atom stereocenters. The van der Waals surface area contributed by atoms with Gasteiger partial charge < -0.3 is 25.0 Å². The monoisotopic (exact) mass is 589 g/mol. The van der Waals surface area contributed by atoms with Gasteiger partial charge in [-0.3, -0.25) is 9.59 Å². The van der Waals surface area contributed by atoms with Crippen LogP contribution < -0.4 is 5.32 Å². The quantitative estimate of drug-likeness (QED) is 0.498. The predicted octanol–water partition coefficient (Wildman–Crippen LogP) is 4.37. The molecule has 2 N–H and O–H groups in total. The number of likely N-dealkylation sites (tertiary alicyclic amines) is 2. The highest BCUT2D eigenvalue weighted by Crippen LogP contribution is 2.33. The molecule has 3 heterocycles. The molecule has 0 saturated carbocycles. The van der Waals surface area contributed by atoms with E-state index in [0.29, 0.717) is 18.4 Å². The average Bonchev–Trinajstić information content (AvgIpc) is 3.69. The Morgan fingerprint density at radius 3 is 2.10 bits per heavy atom. The van der Waals surface area contributed by atoms with E-state index in [-0.39, 0.29) is 24.0 Å². The van der Waals surface area contributed by atoms with Gasteiger partial charge >= 0.3 is 12.1 Å². The first-order valence-corrected chi connectivity index (χ1v) is 14.3. The summed E-state index contributed by atoms with van der Waals surface area (Å²) in [4.78, 5) is 39.5. The highest BCUT2D eigenvalue weighted by Gasteiger charge is 2.42. The van der Waals surface area contributed by atoms with Crippen molar-refractivity contribution in [1.82, 2.24) is 15.1 Å². The zero-order valence-electron chi connectivity index (χ0n) is 23.9. The Morgan fingerprint density at radius 2 is 1.57 bits per heavy atom.